The van der Waals surface area contributed by atoms with Crippen LogP contribution in [-0.4, -0.2) is 10.8 Å². The second-order valence-corrected chi connectivity index (χ2v) is 6.63. The Labute approximate surface area is 129 Å². The van der Waals surface area contributed by atoms with Gasteiger partial charge in [0.2, 0.25) is 0 Å². The first-order valence-electron chi connectivity index (χ1n) is 7.11. The van der Waals surface area contributed by atoms with Gasteiger partial charge in [0.05, 0.1) is 5.01 Å². The van der Waals surface area contributed by atoms with Crippen LogP contribution in [-0.2, 0) is 19.3 Å². The maximum Gasteiger partial charge on any atom is 0.124 e. The van der Waals surface area contributed by atoms with E-state index in [1.165, 1.54) is 5.56 Å². The van der Waals surface area contributed by atoms with Crippen LogP contribution < -0.4 is 11.5 Å². The zero-order chi connectivity index (χ0) is 15.4. The normalized spacial score (nSPS) is 11.0. The third-order valence-electron chi connectivity index (χ3n) is 3.35. The first-order chi connectivity index (χ1) is 9.97. The molecule has 2 rings (SSSR count). The molecule has 21 heavy (non-hydrogen) atoms. The first-order valence-corrected chi connectivity index (χ1v) is 7.99. The number of rotatable bonds is 6. The van der Waals surface area contributed by atoms with Gasteiger partial charge in [-0.25, -0.2) is 4.98 Å². The number of nitrogen functional groups attached to an aromatic ring is 2. The van der Waals surface area contributed by atoms with Gasteiger partial charge in [0.15, 0.2) is 0 Å². The fraction of sp³-hybridized carbons (Fsp3) is 0.375. The maximum atomic E-state index is 7.71. The molecule has 0 amide bonds. The van der Waals surface area contributed by atoms with Crippen molar-refractivity contribution in [3.05, 3.63) is 45.4 Å². The zero-order valence-corrected chi connectivity index (χ0v) is 13.3. The largest absolute Gasteiger partial charge is 0.398 e. The van der Waals surface area contributed by atoms with Crippen molar-refractivity contribution in [2.45, 2.75) is 33.1 Å². The Kier molecular flexibility index (Phi) is 4.96. The molecule has 112 valence electrons. The minimum atomic E-state index is 0.0357. The van der Waals surface area contributed by atoms with Gasteiger partial charge >= 0.3 is 0 Å². The fourth-order valence-corrected chi connectivity index (χ4v) is 3.04. The van der Waals surface area contributed by atoms with Crippen LogP contribution in [0.2, 0.25) is 0 Å². The van der Waals surface area contributed by atoms with E-state index in [4.69, 9.17) is 16.9 Å². The molecule has 0 saturated heterocycles. The molecule has 0 unspecified atom stereocenters. The molecule has 1 aromatic heterocycles. The summed E-state index contributed by atoms with van der Waals surface area (Å²) in [4.78, 5) is 4.30. The van der Waals surface area contributed by atoms with Gasteiger partial charge in [-0.1, -0.05) is 19.9 Å². The summed E-state index contributed by atoms with van der Waals surface area (Å²) in [6, 6.07) is 4.10. The molecule has 0 spiro atoms. The Morgan fingerprint density at radius 3 is 2.67 bits per heavy atom. The van der Waals surface area contributed by atoms with E-state index in [1.54, 1.807) is 11.3 Å². The van der Waals surface area contributed by atoms with E-state index in [2.05, 4.69) is 24.9 Å². The van der Waals surface area contributed by atoms with Crippen LogP contribution in [0.4, 0.5) is 5.69 Å². The molecule has 4 nitrogen and oxygen atoms in total. The summed E-state index contributed by atoms with van der Waals surface area (Å²) in [7, 11) is 0. The molecule has 0 saturated carbocycles. The first kappa shape index (κ1) is 15.5. The molecule has 5 heteroatoms. The highest BCUT2D eigenvalue weighted by molar-refractivity contribution is 7.09. The van der Waals surface area contributed by atoms with E-state index in [-0.39, 0.29) is 5.84 Å². The summed E-state index contributed by atoms with van der Waals surface area (Å²) in [5, 5.41) is 10.8. The zero-order valence-electron chi connectivity index (χ0n) is 12.5. The second-order valence-electron chi connectivity index (χ2n) is 5.65. The lowest BCUT2D eigenvalue weighted by molar-refractivity contribution is 0.646. The van der Waals surface area contributed by atoms with Crippen LogP contribution >= 0.6 is 11.3 Å². The molecule has 0 aliphatic heterocycles. The highest BCUT2D eigenvalue weighted by Gasteiger charge is 2.12. The smallest absolute Gasteiger partial charge is 0.124 e. The van der Waals surface area contributed by atoms with Crippen LogP contribution in [0, 0.1) is 11.3 Å². The number of hydrogen-bond donors (Lipinski definition) is 3. The predicted molar refractivity (Wildman–Crippen MR) is 89.9 cm³/mol. The summed E-state index contributed by atoms with van der Waals surface area (Å²) in [5.74, 6) is 0.592. The number of amidine groups is 1. The molecule has 5 N–H and O–H groups in total. The molecule has 1 aromatic carbocycles. The monoisotopic (exact) mass is 302 g/mol. The molecular weight excluding hydrogens is 280 g/mol. The number of anilines is 1. The van der Waals surface area contributed by atoms with Crippen LogP contribution in [0.15, 0.2) is 23.7 Å². The topological polar surface area (TPSA) is 88.8 Å². The van der Waals surface area contributed by atoms with Crippen molar-refractivity contribution in [2.24, 2.45) is 11.7 Å². The summed E-state index contributed by atoms with van der Waals surface area (Å²) in [6.07, 6.45) is 4.47. The number of nitrogens with zero attached hydrogens (tertiary/aromatic N) is 1. The van der Waals surface area contributed by atoms with E-state index in [0.29, 0.717) is 17.2 Å². The molecule has 2 aromatic rings. The van der Waals surface area contributed by atoms with Crippen molar-refractivity contribution >= 4 is 22.9 Å². The van der Waals surface area contributed by atoms with E-state index in [1.807, 2.05) is 17.6 Å². The van der Waals surface area contributed by atoms with Crippen LogP contribution in [0.25, 0.3) is 0 Å². The van der Waals surface area contributed by atoms with Crippen molar-refractivity contribution in [1.82, 2.24) is 4.98 Å². The molecular formula is C16H22N4S. The van der Waals surface area contributed by atoms with E-state index >= 15 is 0 Å². The highest BCUT2D eigenvalue weighted by Crippen LogP contribution is 2.24. The quantitative estimate of drug-likeness (QED) is 0.435. The van der Waals surface area contributed by atoms with Crippen molar-refractivity contribution in [1.29, 1.82) is 5.41 Å². The van der Waals surface area contributed by atoms with Gasteiger partial charge in [0.25, 0.3) is 0 Å². The standard InChI is InChI=1S/C16H22N4S/c1-10(2)7-11-8-12(3-4-14-20-5-6-21-14)15(17)13(9-11)16(18)19/h5-6,8-10H,3-4,7,17H2,1-2H3,(H3,18,19). The lowest BCUT2D eigenvalue weighted by Gasteiger charge is -2.14. The number of hydrogen-bond acceptors (Lipinski definition) is 4. The predicted octanol–water partition coefficient (Wildman–Crippen LogP) is 2.99. The minimum absolute atomic E-state index is 0.0357. The Morgan fingerprint density at radius 2 is 2.10 bits per heavy atom. The van der Waals surface area contributed by atoms with Crippen LogP contribution in [0.5, 0.6) is 0 Å². The average Bonchev–Trinajstić information content (AvgIpc) is 2.91. The Morgan fingerprint density at radius 1 is 1.33 bits per heavy atom. The van der Waals surface area contributed by atoms with Crippen LogP contribution in [0.3, 0.4) is 0 Å². The summed E-state index contributed by atoms with van der Waals surface area (Å²) < 4.78 is 0. The molecule has 1 heterocycles. The lowest BCUT2D eigenvalue weighted by Crippen LogP contribution is -2.16. The van der Waals surface area contributed by atoms with Crippen LogP contribution in [0.1, 0.15) is 35.5 Å². The highest BCUT2D eigenvalue weighted by atomic mass is 32.1. The molecule has 0 bridgehead atoms. The van der Waals surface area contributed by atoms with Crippen molar-refractivity contribution in [3.63, 3.8) is 0 Å². The maximum absolute atomic E-state index is 7.71. The summed E-state index contributed by atoms with van der Waals surface area (Å²) in [6.45, 7) is 4.36. The number of benzene rings is 1. The van der Waals surface area contributed by atoms with Gasteiger partial charge in [0.1, 0.15) is 5.84 Å². The Balaban J connectivity index is 2.28. The summed E-state index contributed by atoms with van der Waals surface area (Å²) in [5.41, 5.74) is 15.4. The van der Waals surface area contributed by atoms with Crippen molar-refractivity contribution in [2.75, 3.05) is 5.73 Å². The van der Waals surface area contributed by atoms with Gasteiger partial charge in [0, 0.05) is 29.2 Å². The van der Waals surface area contributed by atoms with Gasteiger partial charge in [-0.15, -0.1) is 11.3 Å². The average molecular weight is 302 g/mol. The summed E-state index contributed by atoms with van der Waals surface area (Å²) >= 11 is 1.65. The molecule has 0 aliphatic rings. The molecule has 0 atom stereocenters. The Bertz CT molecular complexity index is 617. The number of nitrogens with one attached hydrogen (secondary N) is 1. The van der Waals surface area contributed by atoms with Crippen molar-refractivity contribution in [3.8, 4) is 0 Å². The van der Waals surface area contributed by atoms with Crippen molar-refractivity contribution < 1.29 is 0 Å². The molecule has 0 radical (unpaired) electrons. The molecule has 0 fully saturated rings. The Hall–Kier alpha value is -1.88. The molecule has 0 aliphatic carbocycles. The van der Waals surface area contributed by atoms with E-state index in [9.17, 15) is 0 Å². The third kappa shape index (κ3) is 4.04. The van der Waals surface area contributed by atoms with Gasteiger partial charge in [-0.2, -0.15) is 0 Å². The lowest BCUT2D eigenvalue weighted by atomic mass is 9.94. The van der Waals surface area contributed by atoms with Gasteiger partial charge in [-0.3, -0.25) is 5.41 Å². The number of aryl methyl sites for hydroxylation is 2. The second kappa shape index (κ2) is 6.72. The van der Waals surface area contributed by atoms with E-state index < -0.39 is 0 Å². The van der Waals surface area contributed by atoms with E-state index in [0.717, 1.165) is 29.8 Å². The number of nitrogens with two attached hydrogens (primary N) is 2. The SMILES string of the molecule is CC(C)Cc1cc(CCc2nccs2)c(N)c(C(=N)N)c1. The minimum Gasteiger partial charge on any atom is -0.398 e. The van der Waals surface area contributed by atoms with Gasteiger partial charge < -0.3 is 11.5 Å². The third-order valence-corrected chi connectivity index (χ3v) is 4.19. The number of aromatic nitrogens is 1. The fourth-order valence-electron chi connectivity index (χ4n) is 2.42. The van der Waals surface area contributed by atoms with Gasteiger partial charge in [-0.05, 0) is 36.0 Å². The number of thiazole rings is 1.